The van der Waals surface area contributed by atoms with Crippen molar-refractivity contribution in [2.75, 3.05) is 0 Å². The second kappa shape index (κ2) is 19.7. The molecule has 0 bridgehead atoms. The number of aryl methyl sites for hydroxylation is 2. The Kier molecular flexibility index (Phi) is 15.5. The second-order valence-electron chi connectivity index (χ2n) is 13.4. The Morgan fingerprint density at radius 1 is 0.635 bits per heavy atom. The van der Waals surface area contributed by atoms with Gasteiger partial charge >= 0.3 is 45.5 Å². The number of imidazole rings is 2. The fourth-order valence-electron chi connectivity index (χ4n) is 6.38. The molecule has 2 heterocycles. The molecule has 2 aromatic heterocycles. The molecule has 0 radical (unpaired) electrons. The van der Waals surface area contributed by atoms with Crippen LogP contribution in [0.15, 0.2) is 140 Å². The summed E-state index contributed by atoms with van der Waals surface area (Å²) in [5, 5.41) is 0. The van der Waals surface area contributed by atoms with Gasteiger partial charge in [0.1, 0.15) is 18.1 Å². The average Bonchev–Trinajstić information content (AvgIpc) is 3.84. The van der Waals surface area contributed by atoms with E-state index in [1.54, 1.807) is 0 Å². The van der Waals surface area contributed by atoms with Crippen LogP contribution in [0.4, 0.5) is 0 Å². The number of aromatic amines is 1. The van der Waals surface area contributed by atoms with Crippen molar-refractivity contribution in [3.63, 3.8) is 0 Å². The number of hydrogen-bond donors (Lipinski definition) is 0. The number of benzene rings is 5. The Labute approximate surface area is 348 Å². The first kappa shape index (κ1) is 40.8. The van der Waals surface area contributed by atoms with E-state index in [1.807, 2.05) is 63.1 Å². The molecule has 7 rings (SSSR count). The standard InChI is InChI=1S/C27H28N2.C17H15N2.C3H7.Sr/c1-19(2)24-17-23(21-11-7-5-8-12-21)18-25(20(3)4)26(24)29-16-15-28-27(29)22-13-9-6-10-14-22;1-13-7-6-8-14(2)16(13)19-12-11-18-17(19)15-9-4-3-5-10-15;1-3-2;/h5-20H,1-4H3;3-9,11-12H,1-2H3;3H,1-2H3;/q;2*-1;+2/p+1. The fraction of sp³-hybridized carbons (Fsp3) is 0.213. The van der Waals surface area contributed by atoms with Crippen LogP contribution in [-0.2, 0) is 0 Å². The predicted octanol–water partition coefficient (Wildman–Crippen LogP) is 11.7. The molecule has 0 aliphatic heterocycles. The van der Waals surface area contributed by atoms with Crippen LogP contribution in [0, 0.1) is 26.3 Å². The molecule has 52 heavy (non-hydrogen) atoms. The van der Waals surface area contributed by atoms with Crippen LogP contribution >= 0.6 is 0 Å². The van der Waals surface area contributed by atoms with Crippen LogP contribution in [0.1, 0.15) is 75.6 Å². The first-order chi connectivity index (χ1) is 24.7. The van der Waals surface area contributed by atoms with Gasteiger partial charge in [0.25, 0.3) is 5.82 Å². The van der Waals surface area contributed by atoms with Crippen LogP contribution in [-0.4, -0.2) is 59.6 Å². The van der Waals surface area contributed by atoms with E-state index >= 15 is 0 Å². The van der Waals surface area contributed by atoms with Crippen LogP contribution in [0.2, 0.25) is 0 Å². The van der Waals surface area contributed by atoms with Gasteiger partial charge in [-0.2, -0.15) is 18.4 Å². The van der Waals surface area contributed by atoms with E-state index in [1.165, 1.54) is 50.3 Å². The Morgan fingerprint density at radius 2 is 1.19 bits per heavy atom. The van der Waals surface area contributed by atoms with E-state index in [0.29, 0.717) is 11.8 Å². The average molecular weight is 760 g/mol. The summed E-state index contributed by atoms with van der Waals surface area (Å²) >= 11 is 0. The summed E-state index contributed by atoms with van der Waals surface area (Å²) < 4.78 is 4.46. The SMILES string of the molecule is CC(C)c1cc(-c2ccccc2)cc(C(C)C)c1-n1cc[nH+]c1-c1ccccc1.C[CH-]C.Cc1cccc(C)c1-n1ccnc1-c1[c-]cccc1.[Sr+2]. The van der Waals surface area contributed by atoms with Crippen molar-refractivity contribution in [1.82, 2.24) is 14.1 Å². The molecule has 260 valence electrons. The van der Waals surface area contributed by atoms with Crippen LogP contribution in [0.5, 0.6) is 0 Å². The zero-order valence-corrected chi connectivity index (χ0v) is 35.5. The fourth-order valence-corrected chi connectivity index (χ4v) is 6.38. The molecule has 5 aromatic carbocycles. The number of para-hydroxylation sites is 1. The Hall–Kier alpha value is -4.00. The minimum Gasteiger partial charge on any atom is -0.340 e. The van der Waals surface area contributed by atoms with Gasteiger partial charge in [0.15, 0.2) is 0 Å². The molecule has 0 unspecified atom stereocenters. The maximum absolute atomic E-state index is 4.48. The van der Waals surface area contributed by atoms with E-state index in [0.717, 1.165) is 17.2 Å². The Bertz CT molecular complexity index is 2060. The maximum atomic E-state index is 4.48. The third-order valence-electron chi connectivity index (χ3n) is 8.76. The van der Waals surface area contributed by atoms with Crippen molar-refractivity contribution >= 4 is 45.5 Å². The zero-order chi connectivity index (χ0) is 36.3. The van der Waals surface area contributed by atoms with Crippen molar-refractivity contribution < 1.29 is 4.98 Å². The van der Waals surface area contributed by atoms with Gasteiger partial charge in [-0.05, 0) is 72.2 Å². The normalized spacial score (nSPS) is 10.6. The smallest absolute Gasteiger partial charge is 0.340 e. The molecule has 0 amide bonds. The van der Waals surface area contributed by atoms with Gasteiger partial charge in [-0.15, -0.1) is 35.9 Å². The van der Waals surface area contributed by atoms with E-state index in [-0.39, 0.29) is 45.5 Å². The summed E-state index contributed by atoms with van der Waals surface area (Å²) in [5.74, 6) is 2.87. The quantitative estimate of drug-likeness (QED) is 0.118. The third kappa shape index (κ3) is 9.70. The molecular weight excluding hydrogens is 708 g/mol. The number of hydrogen-bond acceptors (Lipinski definition) is 1. The number of H-pyrrole nitrogens is 1. The molecule has 0 atom stereocenters. The van der Waals surface area contributed by atoms with Crippen LogP contribution < -0.4 is 4.98 Å². The van der Waals surface area contributed by atoms with Crippen LogP contribution in [0.25, 0.3) is 45.3 Å². The molecule has 0 saturated carbocycles. The molecule has 7 aromatic rings. The predicted molar refractivity (Wildman–Crippen MR) is 220 cm³/mol. The van der Waals surface area contributed by atoms with Gasteiger partial charge in [0.2, 0.25) is 0 Å². The van der Waals surface area contributed by atoms with Gasteiger partial charge in [0, 0.05) is 29.2 Å². The summed E-state index contributed by atoms with van der Waals surface area (Å²) in [5.41, 5.74) is 12.5. The van der Waals surface area contributed by atoms with E-state index < -0.39 is 0 Å². The summed E-state index contributed by atoms with van der Waals surface area (Å²) in [4.78, 5) is 7.94. The zero-order valence-electron chi connectivity index (χ0n) is 32.1. The van der Waals surface area contributed by atoms with E-state index in [4.69, 9.17) is 0 Å². The maximum Gasteiger partial charge on any atom is 2.00 e. The van der Waals surface area contributed by atoms with Gasteiger partial charge in [0.05, 0.1) is 11.4 Å². The van der Waals surface area contributed by atoms with Crippen molar-refractivity contribution in [2.45, 2.75) is 67.2 Å². The molecule has 0 spiro atoms. The van der Waals surface area contributed by atoms with E-state index in [2.05, 4.69) is 164 Å². The van der Waals surface area contributed by atoms with Gasteiger partial charge in [-0.25, -0.2) is 4.98 Å². The van der Waals surface area contributed by atoms with E-state index in [9.17, 15) is 0 Å². The largest absolute Gasteiger partial charge is 2.00 e. The Morgan fingerprint density at radius 3 is 1.73 bits per heavy atom. The number of aromatic nitrogens is 4. The molecule has 0 fully saturated rings. The monoisotopic (exact) mass is 759 g/mol. The summed E-state index contributed by atoms with van der Waals surface area (Å²) in [7, 11) is 0. The number of rotatable bonds is 7. The second-order valence-corrected chi connectivity index (χ2v) is 13.4. The van der Waals surface area contributed by atoms with Crippen molar-refractivity contribution in [1.29, 1.82) is 0 Å². The third-order valence-corrected chi connectivity index (χ3v) is 8.76. The topological polar surface area (TPSA) is 36.9 Å². The summed E-state index contributed by atoms with van der Waals surface area (Å²) in [6.45, 7) is 17.4. The van der Waals surface area contributed by atoms with Gasteiger partial charge in [-0.1, -0.05) is 94.4 Å². The first-order valence-corrected chi connectivity index (χ1v) is 17.9. The van der Waals surface area contributed by atoms with Crippen LogP contribution in [0.3, 0.4) is 0 Å². The van der Waals surface area contributed by atoms with Gasteiger partial charge < -0.3 is 11.0 Å². The molecule has 5 heteroatoms. The van der Waals surface area contributed by atoms with Crippen molar-refractivity contribution in [3.05, 3.63) is 175 Å². The summed E-state index contributed by atoms with van der Waals surface area (Å²) in [6.07, 6.45) is 10.0. The molecule has 1 N–H and O–H groups in total. The number of nitrogens with one attached hydrogen (secondary N) is 1. The Balaban J connectivity index is 0.000000228. The molecule has 4 nitrogen and oxygen atoms in total. The van der Waals surface area contributed by atoms with Gasteiger partial charge in [-0.3, -0.25) is 4.98 Å². The number of nitrogens with zero attached hydrogens (tertiary/aromatic N) is 3. The molecule has 0 aliphatic carbocycles. The van der Waals surface area contributed by atoms with Crippen molar-refractivity contribution in [3.8, 4) is 45.3 Å². The first-order valence-electron chi connectivity index (χ1n) is 17.9. The minimum atomic E-state index is 0. The molecule has 0 saturated heterocycles. The summed E-state index contributed by atoms with van der Waals surface area (Å²) in [6, 6.07) is 43.5. The minimum absolute atomic E-state index is 0. The van der Waals surface area contributed by atoms with Crippen molar-refractivity contribution in [2.24, 2.45) is 0 Å². The molecule has 0 aliphatic rings. The molecular formula is C47H51N4Sr+.